The highest BCUT2D eigenvalue weighted by Gasteiger charge is 2.12. The molecule has 6 heteroatoms. The highest BCUT2D eigenvalue weighted by molar-refractivity contribution is 6.39. The molecule has 0 aliphatic carbocycles. The second-order valence-electron chi connectivity index (χ2n) is 2.93. The Hall–Kier alpha value is -0.540. The van der Waals surface area contributed by atoms with Gasteiger partial charge in [-0.25, -0.2) is 9.97 Å². The predicted octanol–water partition coefficient (Wildman–Crippen LogP) is 4.76. The maximum absolute atomic E-state index is 6.02. The Morgan fingerprint density at radius 1 is 0.812 bits per heavy atom. The maximum Gasteiger partial charge on any atom is 0.165 e. The van der Waals surface area contributed by atoms with Gasteiger partial charge >= 0.3 is 0 Å². The van der Waals surface area contributed by atoms with Crippen LogP contribution in [0.25, 0.3) is 11.4 Å². The molecule has 2 nitrogen and oxygen atoms in total. The number of hydrogen-bond donors (Lipinski definition) is 0. The molecule has 0 aliphatic rings. The summed E-state index contributed by atoms with van der Waals surface area (Å²) in [7, 11) is 0. The average molecular weight is 294 g/mol. The van der Waals surface area contributed by atoms with Crippen LogP contribution in [0.15, 0.2) is 24.3 Å². The Kier molecular flexibility index (Phi) is 3.55. The van der Waals surface area contributed by atoms with Crippen LogP contribution < -0.4 is 0 Å². The molecule has 0 bridgehead atoms. The lowest BCUT2D eigenvalue weighted by Gasteiger charge is -2.05. The topological polar surface area (TPSA) is 25.8 Å². The lowest BCUT2D eigenvalue weighted by atomic mass is 10.2. The normalized spacial score (nSPS) is 10.5. The van der Waals surface area contributed by atoms with E-state index in [4.69, 9.17) is 46.4 Å². The molecule has 0 unspecified atom stereocenters. The van der Waals surface area contributed by atoms with E-state index < -0.39 is 0 Å². The van der Waals surface area contributed by atoms with Gasteiger partial charge in [0.05, 0.1) is 15.6 Å². The number of hydrogen-bond acceptors (Lipinski definition) is 2. The van der Waals surface area contributed by atoms with Crippen LogP contribution in [-0.4, -0.2) is 9.97 Å². The fraction of sp³-hybridized carbons (Fsp3) is 0. The van der Waals surface area contributed by atoms with Gasteiger partial charge in [0.2, 0.25) is 0 Å². The Bertz CT molecular complexity index is 502. The van der Waals surface area contributed by atoms with Crippen molar-refractivity contribution < 1.29 is 0 Å². The highest BCUT2D eigenvalue weighted by atomic mass is 35.5. The summed E-state index contributed by atoms with van der Waals surface area (Å²) in [5.41, 5.74) is 0.523. The molecule has 0 aliphatic heterocycles. The third kappa shape index (κ3) is 2.41. The van der Waals surface area contributed by atoms with E-state index in [0.717, 1.165) is 0 Å². The molecule has 82 valence electrons. The molecule has 0 saturated carbocycles. The molecule has 1 heterocycles. The lowest BCUT2D eigenvalue weighted by molar-refractivity contribution is 1.18. The molecule has 0 amide bonds. The number of nitrogens with zero attached hydrogens (tertiary/aromatic N) is 2. The van der Waals surface area contributed by atoms with Crippen LogP contribution in [-0.2, 0) is 0 Å². The summed E-state index contributed by atoms with van der Waals surface area (Å²) in [5, 5.41) is 1.38. The van der Waals surface area contributed by atoms with E-state index in [-0.39, 0.29) is 10.3 Å². The molecule has 1 aromatic carbocycles. The van der Waals surface area contributed by atoms with Crippen molar-refractivity contribution in [2.45, 2.75) is 0 Å². The van der Waals surface area contributed by atoms with Crippen molar-refractivity contribution in [2.75, 3.05) is 0 Å². The second kappa shape index (κ2) is 4.76. The molecule has 0 saturated heterocycles. The van der Waals surface area contributed by atoms with E-state index in [2.05, 4.69) is 9.97 Å². The van der Waals surface area contributed by atoms with E-state index in [1.807, 2.05) is 0 Å². The van der Waals surface area contributed by atoms with E-state index in [9.17, 15) is 0 Å². The van der Waals surface area contributed by atoms with Gasteiger partial charge in [-0.15, -0.1) is 0 Å². The van der Waals surface area contributed by atoms with Gasteiger partial charge in [0.25, 0.3) is 0 Å². The highest BCUT2D eigenvalue weighted by Crippen LogP contribution is 2.33. The first-order valence-electron chi connectivity index (χ1n) is 4.22. The fourth-order valence-electron chi connectivity index (χ4n) is 1.21. The van der Waals surface area contributed by atoms with Crippen LogP contribution in [0, 0.1) is 0 Å². The van der Waals surface area contributed by atoms with Gasteiger partial charge in [-0.2, -0.15) is 0 Å². The third-order valence-electron chi connectivity index (χ3n) is 1.85. The van der Waals surface area contributed by atoms with Gasteiger partial charge < -0.3 is 0 Å². The van der Waals surface area contributed by atoms with Crippen molar-refractivity contribution in [1.29, 1.82) is 0 Å². The Morgan fingerprint density at radius 3 is 1.81 bits per heavy atom. The number of aromatic nitrogens is 2. The predicted molar refractivity (Wildman–Crippen MR) is 67.5 cm³/mol. The van der Waals surface area contributed by atoms with E-state index in [0.29, 0.717) is 21.4 Å². The molecule has 2 rings (SSSR count). The van der Waals surface area contributed by atoms with Gasteiger partial charge in [0.15, 0.2) is 5.82 Å². The average Bonchev–Trinajstić information content (AvgIpc) is 2.15. The second-order valence-corrected chi connectivity index (χ2v) is 4.52. The van der Waals surface area contributed by atoms with Crippen LogP contribution in [0.1, 0.15) is 0 Å². The molecular formula is C10H4Cl4N2. The summed E-state index contributed by atoms with van der Waals surface area (Å²) in [6.45, 7) is 0. The van der Waals surface area contributed by atoms with Crippen molar-refractivity contribution in [3.05, 3.63) is 44.6 Å². The first-order chi connectivity index (χ1) is 7.58. The minimum Gasteiger partial charge on any atom is -0.216 e. The first kappa shape index (κ1) is 11.9. The van der Waals surface area contributed by atoms with Crippen molar-refractivity contribution in [1.82, 2.24) is 9.97 Å². The van der Waals surface area contributed by atoms with Gasteiger partial charge in [-0.05, 0) is 12.1 Å². The number of benzene rings is 1. The maximum atomic E-state index is 6.02. The Labute approximate surface area is 112 Å². The molecule has 0 N–H and O–H groups in total. The third-order valence-corrected chi connectivity index (χ3v) is 2.87. The zero-order chi connectivity index (χ0) is 11.7. The molecular weight excluding hydrogens is 290 g/mol. The SMILES string of the molecule is Clc1cc(Cl)nc(-c2c(Cl)cccc2Cl)n1. The summed E-state index contributed by atoms with van der Waals surface area (Å²) >= 11 is 23.6. The summed E-state index contributed by atoms with van der Waals surface area (Å²) in [6, 6.07) is 6.57. The molecule has 0 spiro atoms. The largest absolute Gasteiger partial charge is 0.216 e. The van der Waals surface area contributed by atoms with Crippen LogP contribution in [0.4, 0.5) is 0 Å². The van der Waals surface area contributed by atoms with E-state index in [1.54, 1.807) is 18.2 Å². The van der Waals surface area contributed by atoms with Gasteiger partial charge in [0, 0.05) is 6.07 Å². The van der Waals surface area contributed by atoms with Crippen molar-refractivity contribution >= 4 is 46.4 Å². The number of halogens is 4. The molecule has 16 heavy (non-hydrogen) atoms. The zero-order valence-electron chi connectivity index (χ0n) is 7.72. The Morgan fingerprint density at radius 2 is 1.31 bits per heavy atom. The molecule has 0 radical (unpaired) electrons. The van der Waals surface area contributed by atoms with Crippen LogP contribution in [0.3, 0.4) is 0 Å². The van der Waals surface area contributed by atoms with Crippen molar-refractivity contribution in [3.63, 3.8) is 0 Å². The summed E-state index contributed by atoms with van der Waals surface area (Å²) in [4.78, 5) is 8.05. The zero-order valence-corrected chi connectivity index (χ0v) is 10.7. The van der Waals surface area contributed by atoms with Crippen molar-refractivity contribution in [2.24, 2.45) is 0 Å². The van der Waals surface area contributed by atoms with Crippen LogP contribution >= 0.6 is 46.4 Å². The molecule has 1 aromatic heterocycles. The first-order valence-corrected chi connectivity index (χ1v) is 5.73. The van der Waals surface area contributed by atoms with Gasteiger partial charge in [0.1, 0.15) is 10.3 Å². The minimum atomic E-state index is 0.242. The summed E-state index contributed by atoms with van der Waals surface area (Å²) < 4.78 is 0. The smallest absolute Gasteiger partial charge is 0.165 e. The number of rotatable bonds is 1. The summed E-state index contributed by atoms with van der Waals surface area (Å²) in [5.74, 6) is 0.313. The lowest BCUT2D eigenvalue weighted by Crippen LogP contribution is -1.91. The molecule has 2 aromatic rings. The quantitative estimate of drug-likeness (QED) is 0.709. The van der Waals surface area contributed by atoms with Crippen LogP contribution in [0.5, 0.6) is 0 Å². The van der Waals surface area contributed by atoms with Gasteiger partial charge in [-0.3, -0.25) is 0 Å². The minimum absolute atomic E-state index is 0.242. The van der Waals surface area contributed by atoms with E-state index in [1.165, 1.54) is 6.07 Å². The Balaban J connectivity index is 2.67. The monoisotopic (exact) mass is 292 g/mol. The fourth-order valence-corrected chi connectivity index (χ4v) is 2.20. The van der Waals surface area contributed by atoms with Crippen LogP contribution in [0.2, 0.25) is 20.4 Å². The molecule has 0 atom stereocenters. The van der Waals surface area contributed by atoms with Gasteiger partial charge in [-0.1, -0.05) is 52.5 Å². The van der Waals surface area contributed by atoms with Crippen molar-refractivity contribution in [3.8, 4) is 11.4 Å². The molecule has 0 fully saturated rings. The standard InChI is InChI=1S/C10H4Cl4N2/c11-5-2-1-3-6(12)9(5)10-15-7(13)4-8(14)16-10/h1-4H. The summed E-state index contributed by atoms with van der Waals surface area (Å²) in [6.07, 6.45) is 0. The van der Waals surface area contributed by atoms with E-state index >= 15 is 0 Å².